The minimum Gasteiger partial charge on any atom is -0.493 e. The summed E-state index contributed by atoms with van der Waals surface area (Å²) in [6.45, 7) is 6.75. The molecule has 0 aromatic heterocycles. The number of nitrogens with one attached hydrogen (secondary N) is 2. The number of primary amides is 1. The zero-order valence-electron chi connectivity index (χ0n) is 17.3. The molecule has 0 radical (unpaired) electrons. The van der Waals surface area contributed by atoms with Crippen LogP contribution in [0.1, 0.15) is 49.2 Å². The number of hydrogen-bond donors (Lipinski definition) is 3. The maximum absolute atomic E-state index is 12.6. The number of nitrogens with two attached hydrogens (primary N) is 1. The lowest BCUT2D eigenvalue weighted by Gasteiger charge is -2.16. The van der Waals surface area contributed by atoms with Crippen LogP contribution in [-0.4, -0.2) is 25.7 Å². The van der Waals surface area contributed by atoms with Crippen LogP contribution < -0.4 is 25.8 Å². The van der Waals surface area contributed by atoms with E-state index in [1.165, 1.54) is 0 Å². The zero-order valence-corrected chi connectivity index (χ0v) is 17.3. The predicted octanol–water partition coefficient (Wildman–Crippen LogP) is 4.10. The first-order valence-electron chi connectivity index (χ1n) is 9.58. The van der Waals surface area contributed by atoms with Crippen LogP contribution >= 0.6 is 0 Å². The van der Waals surface area contributed by atoms with Gasteiger partial charge in [0.05, 0.1) is 19.8 Å². The van der Waals surface area contributed by atoms with Gasteiger partial charge in [-0.15, -0.1) is 0 Å². The summed E-state index contributed by atoms with van der Waals surface area (Å²) in [5, 5.41) is 5.46. The summed E-state index contributed by atoms with van der Waals surface area (Å²) in [5.74, 6) is 1.48. The normalized spacial score (nSPS) is 11.6. The first-order valence-corrected chi connectivity index (χ1v) is 9.58. The highest BCUT2D eigenvalue weighted by Crippen LogP contribution is 2.29. The maximum atomic E-state index is 12.6. The number of urea groups is 1. The number of hydrogen-bond acceptors (Lipinski definition) is 4. The van der Waals surface area contributed by atoms with Gasteiger partial charge >= 0.3 is 6.03 Å². The SMILES string of the molecule is COc1cc(C(=O)NC(C)c2ccc(NC(N)=O)cc2)ccc1OCCC(C)C. The van der Waals surface area contributed by atoms with Gasteiger partial charge in [0.25, 0.3) is 5.91 Å². The number of benzene rings is 2. The van der Waals surface area contributed by atoms with Gasteiger partial charge in [-0.3, -0.25) is 4.79 Å². The van der Waals surface area contributed by atoms with Crippen LogP contribution in [0.25, 0.3) is 0 Å². The molecule has 0 bridgehead atoms. The molecule has 29 heavy (non-hydrogen) atoms. The molecule has 0 saturated carbocycles. The van der Waals surface area contributed by atoms with Crippen molar-refractivity contribution < 1.29 is 19.1 Å². The van der Waals surface area contributed by atoms with Crippen LogP contribution in [0.2, 0.25) is 0 Å². The molecule has 0 fully saturated rings. The molecule has 156 valence electrons. The van der Waals surface area contributed by atoms with Crippen molar-refractivity contribution in [3.05, 3.63) is 53.6 Å². The molecular weight excluding hydrogens is 370 g/mol. The Bertz CT molecular complexity index is 834. The van der Waals surface area contributed by atoms with E-state index in [0.717, 1.165) is 12.0 Å². The van der Waals surface area contributed by atoms with Gasteiger partial charge < -0.3 is 25.8 Å². The third-order valence-electron chi connectivity index (χ3n) is 4.40. The topological polar surface area (TPSA) is 103 Å². The van der Waals surface area contributed by atoms with Crippen molar-refractivity contribution in [3.8, 4) is 11.5 Å². The molecule has 0 heterocycles. The lowest BCUT2D eigenvalue weighted by atomic mass is 10.1. The molecule has 0 aliphatic heterocycles. The molecule has 1 unspecified atom stereocenters. The molecule has 7 nitrogen and oxygen atoms in total. The van der Waals surface area contributed by atoms with Gasteiger partial charge in [-0.1, -0.05) is 26.0 Å². The lowest BCUT2D eigenvalue weighted by Crippen LogP contribution is -2.26. The standard InChI is InChI=1S/C22H29N3O4/c1-14(2)11-12-29-19-10-7-17(13-20(19)28-4)21(26)24-15(3)16-5-8-18(9-6-16)25-22(23)27/h5-10,13-15H,11-12H2,1-4H3,(H,24,26)(H3,23,25,27). The average Bonchev–Trinajstić information content (AvgIpc) is 2.67. The fraction of sp³-hybridized carbons (Fsp3) is 0.364. The van der Waals surface area contributed by atoms with Crippen LogP contribution in [0.4, 0.5) is 10.5 Å². The quantitative estimate of drug-likeness (QED) is 0.590. The molecule has 4 N–H and O–H groups in total. The number of anilines is 1. The van der Waals surface area contributed by atoms with E-state index in [4.69, 9.17) is 15.2 Å². The summed E-state index contributed by atoms with van der Waals surface area (Å²) in [4.78, 5) is 23.5. The highest BCUT2D eigenvalue weighted by molar-refractivity contribution is 5.95. The highest BCUT2D eigenvalue weighted by atomic mass is 16.5. The van der Waals surface area contributed by atoms with Crippen molar-refractivity contribution in [1.29, 1.82) is 0 Å². The van der Waals surface area contributed by atoms with Crippen LogP contribution in [0.3, 0.4) is 0 Å². The predicted molar refractivity (Wildman–Crippen MR) is 113 cm³/mol. The molecular formula is C22H29N3O4. The summed E-state index contributed by atoms with van der Waals surface area (Å²) in [6, 6.07) is 11.4. The van der Waals surface area contributed by atoms with E-state index < -0.39 is 6.03 Å². The monoisotopic (exact) mass is 399 g/mol. The molecule has 2 aromatic rings. The molecule has 2 aromatic carbocycles. The molecule has 7 heteroatoms. The number of ether oxygens (including phenoxy) is 2. The van der Waals surface area contributed by atoms with Crippen molar-refractivity contribution in [2.75, 3.05) is 19.0 Å². The van der Waals surface area contributed by atoms with Crippen molar-refractivity contribution in [2.45, 2.75) is 33.2 Å². The second kappa shape index (κ2) is 10.4. The Hall–Kier alpha value is -3.22. The first kappa shape index (κ1) is 22.1. The molecule has 0 saturated heterocycles. The van der Waals surface area contributed by atoms with Gasteiger partial charge in [0, 0.05) is 11.3 Å². The van der Waals surface area contributed by atoms with E-state index in [0.29, 0.717) is 35.3 Å². The van der Waals surface area contributed by atoms with E-state index in [9.17, 15) is 9.59 Å². The van der Waals surface area contributed by atoms with Gasteiger partial charge in [-0.2, -0.15) is 0 Å². The smallest absolute Gasteiger partial charge is 0.316 e. The van der Waals surface area contributed by atoms with Crippen LogP contribution in [0, 0.1) is 5.92 Å². The van der Waals surface area contributed by atoms with Crippen molar-refractivity contribution in [2.24, 2.45) is 11.7 Å². The Labute approximate surface area is 171 Å². The Morgan fingerprint density at radius 3 is 2.31 bits per heavy atom. The summed E-state index contributed by atoms with van der Waals surface area (Å²) < 4.78 is 11.1. The van der Waals surface area contributed by atoms with Gasteiger partial charge in [-0.25, -0.2) is 4.79 Å². The summed E-state index contributed by atoms with van der Waals surface area (Å²) in [7, 11) is 1.55. The third-order valence-corrected chi connectivity index (χ3v) is 4.40. The van der Waals surface area contributed by atoms with E-state index in [1.807, 2.05) is 19.1 Å². The maximum Gasteiger partial charge on any atom is 0.316 e. The summed E-state index contributed by atoms with van der Waals surface area (Å²) in [5.41, 5.74) is 7.08. The van der Waals surface area contributed by atoms with Crippen molar-refractivity contribution in [3.63, 3.8) is 0 Å². The van der Waals surface area contributed by atoms with E-state index in [2.05, 4.69) is 24.5 Å². The van der Waals surface area contributed by atoms with E-state index >= 15 is 0 Å². The zero-order chi connectivity index (χ0) is 21.4. The van der Waals surface area contributed by atoms with Crippen molar-refractivity contribution >= 4 is 17.6 Å². The largest absolute Gasteiger partial charge is 0.493 e. The van der Waals surface area contributed by atoms with Gasteiger partial charge in [0.2, 0.25) is 0 Å². The molecule has 0 spiro atoms. The average molecular weight is 399 g/mol. The Balaban J connectivity index is 2.02. The number of methoxy groups -OCH3 is 1. The Morgan fingerprint density at radius 2 is 1.72 bits per heavy atom. The molecule has 3 amide bonds. The van der Waals surface area contributed by atoms with Gasteiger partial charge in [0.1, 0.15) is 0 Å². The van der Waals surface area contributed by atoms with Crippen LogP contribution in [0.5, 0.6) is 11.5 Å². The molecule has 0 aliphatic carbocycles. The molecule has 0 aliphatic rings. The minimum atomic E-state index is -0.621. The van der Waals surface area contributed by atoms with Gasteiger partial charge in [-0.05, 0) is 55.2 Å². The fourth-order valence-corrected chi connectivity index (χ4v) is 2.69. The highest BCUT2D eigenvalue weighted by Gasteiger charge is 2.15. The second-order valence-electron chi connectivity index (χ2n) is 7.20. The Morgan fingerprint density at radius 1 is 1.03 bits per heavy atom. The van der Waals surface area contributed by atoms with Crippen LogP contribution in [0.15, 0.2) is 42.5 Å². The van der Waals surface area contributed by atoms with Gasteiger partial charge in [0.15, 0.2) is 11.5 Å². The first-order chi connectivity index (χ1) is 13.8. The van der Waals surface area contributed by atoms with E-state index in [1.54, 1.807) is 37.4 Å². The second-order valence-corrected chi connectivity index (χ2v) is 7.20. The van der Waals surface area contributed by atoms with Crippen molar-refractivity contribution in [1.82, 2.24) is 5.32 Å². The fourth-order valence-electron chi connectivity index (χ4n) is 2.69. The molecule has 2 rings (SSSR count). The number of carbonyl (C=O) groups is 2. The minimum absolute atomic E-state index is 0.219. The third kappa shape index (κ3) is 6.71. The lowest BCUT2D eigenvalue weighted by molar-refractivity contribution is 0.0939. The summed E-state index contributed by atoms with van der Waals surface area (Å²) >= 11 is 0. The number of carbonyl (C=O) groups excluding carboxylic acids is 2. The molecule has 1 atom stereocenters. The number of amides is 3. The van der Waals surface area contributed by atoms with E-state index in [-0.39, 0.29) is 11.9 Å². The summed E-state index contributed by atoms with van der Waals surface area (Å²) in [6.07, 6.45) is 0.941. The van der Waals surface area contributed by atoms with Crippen LogP contribution in [-0.2, 0) is 0 Å². The Kier molecular flexibility index (Phi) is 7.88. The number of rotatable bonds is 9.